The second-order valence-electron chi connectivity index (χ2n) is 8.61. The first-order valence-electron chi connectivity index (χ1n) is 10.8. The molecule has 1 aliphatic carbocycles. The number of hydrogen-bond acceptors (Lipinski definition) is 8. The number of ether oxygens (including phenoxy) is 2. The van der Waals surface area contributed by atoms with Crippen molar-refractivity contribution in [3.8, 4) is 0 Å². The van der Waals surface area contributed by atoms with Crippen LogP contribution in [0.4, 0.5) is 11.4 Å². The van der Waals surface area contributed by atoms with Gasteiger partial charge in [0, 0.05) is 42.3 Å². The van der Waals surface area contributed by atoms with E-state index in [9.17, 15) is 9.59 Å². The first kappa shape index (κ1) is 25.5. The van der Waals surface area contributed by atoms with Crippen LogP contribution >= 0.6 is 0 Å². The van der Waals surface area contributed by atoms with Gasteiger partial charge in [0.1, 0.15) is 0 Å². The van der Waals surface area contributed by atoms with Crippen LogP contribution in [0.3, 0.4) is 0 Å². The summed E-state index contributed by atoms with van der Waals surface area (Å²) in [6.07, 6.45) is 1.05. The molecule has 0 atom stereocenters. The van der Waals surface area contributed by atoms with Crippen LogP contribution in [0, 0.1) is 10.8 Å². The van der Waals surface area contributed by atoms with E-state index in [2.05, 4.69) is 10.6 Å². The van der Waals surface area contributed by atoms with Crippen LogP contribution in [-0.4, -0.2) is 56.9 Å². The van der Waals surface area contributed by atoms with Crippen molar-refractivity contribution in [1.29, 1.82) is 5.41 Å². The Morgan fingerprint density at radius 3 is 2.47 bits per heavy atom. The Labute approximate surface area is 189 Å². The van der Waals surface area contributed by atoms with Gasteiger partial charge in [-0.15, -0.1) is 0 Å². The van der Waals surface area contributed by atoms with Crippen molar-refractivity contribution in [2.75, 3.05) is 50.2 Å². The quantitative estimate of drug-likeness (QED) is 0.231. The molecule has 7 N–H and O–H groups in total. The number of nitrogens with one attached hydrogen (secondary N) is 3. The number of Topliss-reactive ketones (excluding diaryl/α,β-unsaturated/α-hetero) is 1. The zero-order valence-corrected chi connectivity index (χ0v) is 19.2. The zero-order valence-electron chi connectivity index (χ0n) is 19.2. The summed E-state index contributed by atoms with van der Waals surface area (Å²) in [6.45, 7) is 8.49. The van der Waals surface area contributed by atoms with E-state index in [1.807, 2.05) is 13.8 Å². The molecule has 1 aliphatic rings. The van der Waals surface area contributed by atoms with Gasteiger partial charge in [-0.3, -0.25) is 9.59 Å². The second kappa shape index (κ2) is 11.8. The number of rotatable bonds is 13. The summed E-state index contributed by atoms with van der Waals surface area (Å²) in [6, 6.07) is 5.16. The van der Waals surface area contributed by atoms with E-state index < -0.39 is 5.91 Å². The van der Waals surface area contributed by atoms with E-state index in [4.69, 9.17) is 26.4 Å². The Morgan fingerprint density at radius 2 is 1.84 bits per heavy atom. The van der Waals surface area contributed by atoms with Gasteiger partial charge in [-0.1, -0.05) is 13.8 Å². The third-order valence-electron chi connectivity index (χ3n) is 5.03. The Morgan fingerprint density at radius 1 is 1.16 bits per heavy atom. The molecule has 0 heterocycles. The molecule has 0 spiro atoms. The molecule has 1 aromatic rings. The second-order valence-corrected chi connectivity index (χ2v) is 8.61. The zero-order chi connectivity index (χ0) is 23.7. The molecular formula is C23H35N5O4. The maximum absolute atomic E-state index is 12.6. The predicted molar refractivity (Wildman–Crippen MR) is 126 cm³/mol. The minimum atomic E-state index is -0.542. The van der Waals surface area contributed by atoms with Gasteiger partial charge in [-0.25, -0.2) is 0 Å². The Bertz CT molecular complexity index is 879. The molecule has 1 aromatic carbocycles. The van der Waals surface area contributed by atoms with E-state index in [-0.39, 0.29) is 16.9 Å². The molecule has 0 aromatic heterocycles. The van der Waals surface area contributed by atoms with Crippen LogP contribution in [0.25, 0.3) is 0 Å². The van der Waals surface area contributed by atoms with Crippen molar-refractivity contribution in [1.82, 2.24) is 0 Å². The minimum absolute atomic E-state index is 0.0315. The van der Waals surface area contributed by atoms with Gasteiger partial charge < -0.3 is 37.0 Å². The molecule has 176 valence electrons. The predicted octanol–water partition coefficient (Wildman–Crippen LogP) is 2.28. The van der Waals surface area contributed by atoms with Gasteiger partial charge in [0.15, 0.2) is 5.78 Å². The standard InChI is InChI=1S/C23H35N5O4/c1-15(25)21-19(13-23(2,3)14-20(21)29)28-16-4-5-17(22(26)30)18(12-16)27-7-9-32-11-10-31-8-6-24/h4-5,12,25,27-28H,6-11,13-14,24H2,1-3H3,(H2,26,30). The maximum Gasteiger partial charge on any atom is 0.250 e. The molecule has 2 rings (SSSR count). The van der Waals surface area contributed by atoms with Gasteiger partial charge in [-0.05, 0) is 37.0 Å². The summed E-state index contributed by atoms with van der Waals surface area (Å²) >= 11 is 0. The lowest BCUT2D eigenvalue weighted by molar-refractivity contribution is -0.117. The fourth-order valence-electron chi connectivity index (χ4n) is 3.68. The molecule has 0 bridgehead atoms. The smallest absolute Gasteiger partial charge is 0.250 e. The van der Waals surface area contributed by atoms with Gasteiger partial charge in [-0.2, -0.15) is 0 Å². The average Bonchev–Trinajstić information content (AvgIpc) is 2.68. The molecular weight excluding hydrogens is 410 g/mol. The van der Waals surface area contributed by atoms with Crippen molar-refractivity contribution >= 4 is 28.8 Å². The lowest BCUT2D eigenvalue weighted by atomic mass is 9.75. The summed E-state index contributed by atoms with van der Waals surface area (Å²) in [7, 11) is 0. The highest BCUT2D eigenvalue weighted by atomic mass is 16.5. The number of carbonyl (C=O) groups excluding carboxylic acids is 2. The summed E-state index contributed by atoms with van der Waals surface area (Å²) in [5, 5.41) is 14.5. The molecule has 0 saturated heterocycles. The first-order valence-corrected chi connectivity index (χ1v) is 10.8. The van der Waals surface area contributed by atoms with Crippen LogP contribution in [0.15, 0.2) is 29.5 Å². The largest absolute Gasteiger partial charge is 0.382 e. The number of carbonyl (C=O) groups is 2. The Kier molecular flexibility index (Phi) is 9.37. The number of ketones is 1. The first-order chi connectivity index (χ1) is 15.1. The van der Waals surface area contributed by atoms with Gasteiger partial charge >= 0.3 is 0 Å². The molecule has 0 unspecified atom stereocenters. The number of allylic oxidation sites excluding steroid dienone is 2. The third kappa shape index (κ3) is 7.44. The highest BCUT2D eigenvalue weighted by Crippen LogP contribution is 2.37. The van der Waals surface area contributed by atoms with Crippen molar-refractivity contribution < 1.29 is 19.1 Å². The Balaban J connectivity index is 2.11. The fraction of sp³-hybridized carbons (Fsp3) is 0.522. The summed E-state index contributed by atoms with van der Waals surface area (Å²) in [5.41, 5.74) is 13.7. The number of nitrogens with two attached hydrogens (primary N) is 2. The molecule has 0 fully saturated rings. The van der Waals surface area contributed by atoms with E-state index in [1.165, 1.54) is 0 Å². The van der Waals surface area contributed by atoms with Crippen molar-refractivity contribution in [2.45, 2.75) is 33.6 Å². The van der Waals surface area contributed by atoms with E-state index in [1.54, 1.807) is 25.1 Å². The van der Waals surface area contributed by atoms with E-state index in [0.29, 0.717) is 74.9 Å². The molecule has 0 aliphatic heterocycles. The summed E-state index contributed by atoms with van der Waals surface area (Å²) in [5.74, 6) is -0.574. The number of hydrogen-bond donors (Lipinski definition) is 5. The minimum Gasteiger partial charge on any atom is -0.382 e. The lowest BCUT2D eigenvalue weighted by Gasteiger charge is -2.32. The highest BCUT2D eigenvalue weighted by molar-refractivity contribution is 6.22. The van der Waals surface area contributed by atoms with E-state index >= 15 is 0 Å². The van der Waals surface area contributed by atoms with Crippen molar-refractivity contribution in [3.63, 3.8) is 0 Å². The number of anilines is 2. The number of benzene rings is 1. The molecule has 1 amide bonds. The van der Waals surface area contributed by atoms with Crippen LogP contribution in [0.5, 0.6) is 0 Å². The SMILES string of the molecule is CC(=N)C1=C(Nc2ccc(C(N)=O)c(NCCOCCOCCN)c2)CC(C)(C)CC1=O. The van der Waals surface area contributed by atoms with Crippen LogP contribution in [0.1, 0.15) is 44.0 Å². The summed E-state index contributed by atoms with van der Waals surface area (Å²) in [4.78, 5) is 24.5. The number of primary amides is 1. The van der Waals surface area contributed by atoms with Crippen LogP contribution in [-0.2, 0) is 14.3 Å². The van der Waals surface area contributed by atoms with Gasteiger partial charge in [0.25, 0.3) is 5.91 Å². The average molecular weight is 446 g/mol. The lowest BCUT2D eigenvalue weighted by Crippen LogP contribution is -2.30. The monoisotopic (exact) mass is 445 g/mol. The fourth-order valence-corrected chi connectivity index (χ4v) is 3.68. The van der Waals surface area contributed by atoms with Crippen LogP contribution < -0.4 is 22.1 Å². The highest BCUT2D eigenvalue weighted by Gasteiger charge is 2.33. The molecule has 9 heteroatoms. The third-order valence-corrected chi connectivity index (χ3v) is 5.03. The molecule has 32 heavy (non-hydrogen) atoms. The Hall–Kier alpha value is -2.75. The molecule has 9 nitrogen and oxygen atoms in total. The molecule has 0 radical (unpaired) electrons. The van der Waals surface area contributed by atoms with Crippen LogP contribution in [0.2, 0.25) is 0 Å². The molecule has 0 saturated carbocycles. The number of amides is 1. The summed E-state index contributed by atoms with van der Waals surface area (Å²) < 4.78 is 10.8. The van der Waals surface area contributed by atoms with E-state index in [0.717, 1.165) is 5.70 Å². The topological polar surface area (TPSA) is 153 Å². The van der Waals surface area contributed by atoms with Gasteiger partial charge in [0.05, 0.1) is 37.6 Å². The maximum atomic E-state index is 12.6. The normalized spacial score (nSPS) is 15.6. The van der Waals surface area contributed by atoms with Gasteiger partial charge in [0.2, 0.25) is 0 Å². The van der Waals surface area contributed by atoms with Crippen molar-refractivity contribution in [2.24, 2.45) is 16.9 Å². The van der Waals surface area contributed by atoms with Crippen molar-refractivity contribution in [3.05, 3.63) is 35.0 Å².